The Kier molecular flexibility index (Phi) is 5.71. The summed E-state index contributed by atoms with van der Waals surface area (Å²) in [5.74, 6) is -0.303. The molecular weight excluding hydrogens is 358 g/mol. The molecule has 0 spiro atoms. The molecular formula is C15H13BrF2N2O2. The molecule has 4 nitrogen and oxygen atoms in total. The highest BCUT2D eigenvalue weighted by molar-refractivity contribution is 9.10. The number of amides is 1. The smallest absolute Gasteiger partial charge is 0.387 e. The summed E-state index contributed by atoms with van der Waals surface area (Å²) in [6.45, 7) is -2.99. The van der Waals surface area contributed by atoms with E-state index in [-0.39, 0.29) is 18.2 Å². The van der Waals surface area contributed by atoms with E-state index in [4.69, 9.17) is 0 Å². The molecule has 1 amide bonds. The van der Waals surface area contributed by atoms with Crippen molar-refractivity contribution >= 4 is 33.2 Å². The van der Waals surface area contributed by atoms with E-state index in [1.807, 2.05) is 0 Å². The van der Waals surface area contributed by atoms with Gasteiger partial charge in [0, 0.05) is 10.2 Å². The molecule has 0 saturated carbocycles. The van der Waals surface area contributed by atoms with Gasteiger partial charge in [0.15, 0.2) is 0 Å². The van der Waals surface area contributed by atoms with Gasteiger partial charge in [0.1, 0.15) is 5.75 Å². The van der Waals surface area contributed by atoms with Gasteiger partial charge in [0.2, 0.25) is 5.91 Å². The lowest BCUT2D eigenvalue weighted by molar-refractivity contribution is -0.114. The zero-order valence-corrected chi connectivity index (χ0v) is 12.9. The minimum atomic E-state index is -2.92. The van der Waals surface area contributed by atoms with Crippen molar-refractivity contribution in [1.82, 2.24) is 0 Å². The van der Waals surface area contributed by atoms with Crippen LogP contribution in [0.4, 0.5) is 20.2 Å². The van der Waals surface area contributed by atoms with Crippen molar-refractivity contribution in [3.05, 3.63) is 53.0 Å². The molecule has 116 valence electrons. The number of halogens is 3. The minimum absolute atomic E-state index is 0.00561. The van der Waals surface area contributed by atoms with Crippen LogP contribution in [0.15, 0.2) is 53.0 Å². The first-order chi connectivity index (χ1) is 10.5. The Bertz CT molecular complexity index is 636. The fourth-order valence-corrected chi connectivity index (χ4v) is 1.99. The lowest BCUT2D eigenvalue weighted by atomic mass is 10.3. The summed E-state index contributed by atoms with van der Waals surface area (Å²) < 4.78 is 29.9. The van der Waals surface area contributed by atoms with Gasteiger partial charge >= 0.3 is 6.61 Å². The van der Waals surface area contributed by atoms with Crippen LogP contribution in [0.3, 0.4) is 0 Å². The first-order valence-electron chi connectivity index (χ1n) is 6.38. The van der Waals surface area contributed by atoms with E-state index < -0.39 is 6.61 Å². The standard InChI is InChI=1S/C15H13BrF2N2O2/c16-10-5-7-11(8-6-10)20-14(21)9-19-12-3-1-2-4-13(12)22-15(17)18/h1-8,15,19H,9H2,(H,20,21). The molecule has 2 aromatic rings. The molecule has 0 atom stereocenters. The number of nitrogens with one attached hydrogen (secondary N) is 2. The zero-order valence-electron chi connectivity index (χ0n) is 11.4. The molecule has 0 saturated heterocycles. The van der Waals surface area contributed by atoms with Crippen molar-refractivity contribution < 1.29 is 18.3 Å². The Morgan fingerprint density at radius 1 is 1.14 bits per heavy atom. The Labute approximate surface area is 134 Å². The SMILES string of the molecule is O=C(CNc1ccccc1OC(F)F)Nc1ccc(Br)cc1. The van der Waals surface area contributed by atoms with Crippen LogP contribution in [0.25, 0.3) is 0 Å². The van der Waals surface area contributed by atoms with Crippen molar-refractivity contribution in [1.29, 1.82) is 0 Å². The number of rotatable bonds is 6. The Balaban J connectivity index is 1.92. The van der Waals surface area contributed by atoms with Gasteiger partial charge in [0.05, 0.1) is 12.2 Å². The van der Waals surface area contributed by atoms with Crippen LogP contribution in [-0.2, 0) is 4.79 Å². The number of benzene rings is 2. The topological polar surface area (TPSA) is 50.4 Å². The molecule has 2 aromatic carbocycles. The fourth-order valence-electron chi connectivity index (χ4n) is 1.73. The Hall–Kier alpha value is -2.15. The predicted octanol–water partition coefficient (Wildman–Crippen LogP) is 4.10. The molecule has 0 aliphatic carbocycles. The number of para-hydroxylation sites is 2. The second-order valence-corrected chi connectivity index (χ2v) is 5.20. The van der Waals surface area contributed by atoms with Gasteiger partial charge < -0.3 is 15.4 Å². The van der Waals surface area contributed by atoms with Gasteiger partial charge in [-0.15, -0.1) is 0 Å². The third kappa shape index (κ3) is 5.00. The molecule has 0 heterocycles. The van der Waals surface area contributed by atoms with Crippen molar-refractivity contribution in [3.8, 4) is 5.75 Å². The Morgan fingerprint density at radius 2 is 1.82 bits per heavy atom. The van der Waals surface area contributed by atoms with Crippen molar-refractivity contribution in [2.24, 2.45) is 0 Å². The van der Waals surface area contributed by atoms with E-state index in [2.05, 4.69) is 31.3 Å². The third-order valence-electron chi connectivity index (χ3n) is 2.67. The normalized spacial score (nSPS) is 10.4. The summed E-state index contributed by atoms with van der Waals surface area (Å²) in [4.78, 5) is 11.8. The van der Waals surface area contributed by atoms with Crippen LogP contribution in [-0.4, -0.2) is 19.1 Å². The zero-order chi connectivity index (χ0) is 15.9. The molecule has 0 aliphatic rings. The maximum Gasteiger partial charge on any atom is 0.387 e. The van der Waals surface area contributed by atoms with Crippen LogP contribution in [0.1, 0.15) is 0 Å². The van der Waals surface area contributed by atoms with Gasteiger partial charge in [-0.1, -0.05) is 28.1 Å². The van der Waals surface area contributed by atoms with E-state index in [1.165, 1.54) is 6.07 Å². The lowest BCUT2D eigenvalue weighted by Crippen LogP contribution is -2.22. The second kappa shape index (κ2) is 7.74. The first-order valence-corrected chi connectivity index (χ1v) is 7.17. The first kappa shape index (κ1) is 16.2. The highest BCUT2D eigenvalue weighted by Gasteiger charge is 2.10. The molecule has 0 fully saturated rings. The molecule has 0 unspecified atom stereocenters. The van der Waals surface area contributed by atoms with Crippen LogP contribution < -0.4 is 15.4 Å². The molecule has 0 bridgehead atoms. The van der Waals surface area contributed by atoms with Gasteiger partial charge in [-0.3, -0.25) is 4.79 Å². The molecule has 22 heavy (non-hydrogen) atoms. The molecule has 0 aromatic heterocycles. The van der Waals surface area contributed by atoms with Crippen LogP contribution in [0.2, 0.25) is 0 Å². The molecule has 0 aliphatic heterocycles. The van der Waals surface area contributed by atoms with E-state index in [9.17, 15) is 13.6 Å². The molecule has 7 heteroatoms. The fraction of sp³-hybridized carbons (Fsp3) is 0.133. The van der Waals surface area contributed by atoms with E-state index in [0.717, 1.165) is 4.47 Å². The maximum absolute atomic E-state index is 12.3. The molecule has 0 radical (unpaired) electrons. The van der Waals surface area contributed by atoms with Crippen LogP contribution in [0, 0.1) is 0 Å². The van der Waals surface area contributed by atoms with E-state index >= 15 is 0 Å². The monoisotopic (exact) mass is 370 g/mol. The number of hydrogen-bond acceptors (Lipinski definition) is 3. The van der Waals surface area contributed by atoms with Gasteiger partial charge in [0.25, 0.3) is 0 Å². The number of ether oxygens (including phenoxy) is 1. The quantitative estimate of drug-likeness (QED) is 0.804. The molecule has 2 rings (SSSR count). The van der Waals surface area contributed by atoms with E-state index in [0.29, 0.717) is 11.4 Å². The highest BCUT2D eigenvalue weighted by Crippen LogP contribution is 2.25. The number of anilines is 2. The Morgan fingerprint density at radius 3 is 2.50 bits per heavy atom. The number of carbonyl (C=O) groups excluding carboxylic acids is 1. The second-order valence-electron chi connectivity index (χ2n) is 4.28. The van der Waals surface area contributed by atoms with Crippen LogP contribution >= 0.6 is 15.9 Å². The summed E-state index contributed by atoms with van der Waals surface area (Å²) in [5, 5.41) is 5.46. The summed E-state index contributed by atoms with van der Waals surface area (Å²) >= 11 is 3.30. The van der Waals surface area contributed by atoms with Crippen LogP contribution in [0.5, 0.6) is 5.75 Å². The maximum atomic E-state index is 12.3. The largest absolute Gasteiger partial charge is 0.433 e. The number of carbonyl (C=O) groups is 1. The van der Waals surface area contributed by atoms with Gasteiger partial charge in [-0.2, -0.15) is 8.78 Å². The summed E-state index contributed by atoms with van der Waals surface area (Å²) in [7, 11) is 0. The average Bonchev–Trinajstić information content (AvgIpc) is 2.48. The summed E-state index contributed by atoms with van der Waals surface area (Å²) in [5.41, 5.74) is 0.973. The van der Waals surface area contributed by atoms with Crippen molar-refractivity contribution in [2.75, 3.05) is 17.2 Å². The van der Waals surface area contributed by atoms with Crippen molar-refractivity contribution in [3.63, 3.8) is 0 Å². The molecule has 2 N–H and O–H groups in total. The minimum Gasteiger partial charge on any atom is -0.433 e. The predicted molar refractivity (Wildman–Crippen MR) is 84.3 cm³/mol. The summed E-state index contributed by atoms with van der Waals surface area (Å²) in [6, 6.07) is 13.3. The average molecular weight is 371 g/mol. The lowest BCUT2D eigenvalue weighted by Gasteiger charge is -2.12. The third-order valence-corrected chi connectivity index (χ3v) is 3.20. The van der Waals surface area contributed by atoms with Gasteiger partial charge in [-0.05, 0) is 36.4 Å². The number of hydrogen-bond donors (Lipinski definition) is 2. The number of alkyl halides is 2. The summed E-state index contributed by atoms with van der Waals surface area (Å²) in [6.07, 6.45) is 0. The van der Waals surface area contributed by atoms with E-state index in [1.54, 1.807) is 42.5 Å². The van der Waals surface area contributed by atoms with Gasteiger partial charge in [-0.25, -0.2) is 0 Å². The van der Waals surface area contributed by atoms with Crippen molar-refractivity contribution in [2.45, 2.75) is 6.61 Å². The highest BCUT2D eigenvalue weighted by atomic mass is 79.9.